The SMILES string of the molecule is Cc1ccc(CN(I)I)cc1C.[Pt]=[c]1n(Cc2ccccc2)ccn1Cc1ccccc1. The van der Waals surface area contributed by atoms with Crippen LogP contribution in [0, 0.1) is 17.7 Å². The van der Waals surface area contributed by atoms with Crippen LogP contribution in [-0.2, 0) is 39.0 Å². The molecule has 0 spiro atoms. The van der Waals surface area contributed by atoms with Crippen molar-refractivity contribution < 1.29 is 19.4 Å². The first-order valence-electron chi connectivity index (χ1n) is 10.4. The molecule has 4 rings (SSSR count). The van der Waals surface area contributed by atoms with Gasteiger partial charge in [-0.1, -0.05) is 18.2 Å². The fourth-order valence-electron chi connectivity index (χ4n) is 3.27. The maximum absolute atomic E-state index is 2.40. The summed E-state index contributed by atoms with van der Waals surface area (Å²) in [6.45, 7) is 7.14. The van der Waals surface area contributed by atoms with E-state index in [1.54, 1.807) is 0 Å². The van der Waals surface area contributed by atoms with Gasteiger partial charge in [0, 0.05) is 52.3 Å². The monoisotopic (exact) mass is 830 g/mol. The molecule has 0 unspecified atom stereocenters. The summed E-state index contributed by atoms with van der Waals surface area (Å²) in [6.07, 6.45) is 4.30. The summed E-state index contributed by atoms with van der Waals surface area (Å²) in [4.78, 5) is 0. The second kappa shape index (κ2) is 13.0. The molecule has 6 heteroatoms. The van der Waals surface area contributed by atoms with Gasteiger partial charge < -0.3 is 0 Å². The molecule has 3 nitrogen and oxygen atoms in total. The topological polar surface area (TPSA) is 13.1 Å². The minimum atomic E-state index is 0.918. The average molecular weight is 830 g/mol. The number of hydrogen-bond acceptors (Lipinski definition) is 1. The molecule has 0 aliphatic carbocycles. The van der Waals surface area contributed by atoms with Crippen LogP contribution in [0.1, 0.15) is 27.8 Å². The summed E-state index contributed by atoms with van der Waals surface area (Å²) >= 11 is 6.97. The van der Waals surface area contributed by atoms with Crippen LogP contribution >= 0.6 is 45.7 Å². The van der Waals surface area contributed by atoms with E-state index in [4.69, 9.17) is 0 Å². The van der Waals surface area contributed by atoms with E-state index in [1.165, 1.54) is 31.6 Å². The summed E-state index contributed by atoms with van der Waals surface area (Å²) < 4.78 is 7.93. The zero-order valence-corrected chi connectivity index (χ0v) is 24.8. The molecule has 0 bridgehead atoms. The summed E-state index contributed by atoms with van der Waals surface area (Å²) in [5.41, 5.74) is 6.78. The van der Waals surface area contributed by atoms with Crippen molar-refractivity contribution in [2.24, 2.45) is 0 Å². The molecule has 0 aliphatic rings. The number of imidazole rings is 1. The number of aromatic nitrogens is 2. The van der Waals surface area contributed by atoms with Crippen molar-refractivity contribution in [2.45, 2.75) is 33.5 Å². The van der Waals surface area contributed by atoms with E-state index in [-0.39, 0.29) is 0 Å². The first-order chi connectivity index (χ1) is 15.4. The molecule has 0 saturated carbocycles. The number of aryl methyl sites for hydroxylation is 2. The Morgan fingerprint density at radius 3 is 1.62 bits per heavy atom. The third-order valence-corrected chi connectivity index (χ3v) is 7.12. The number of hydrogen-bond donors (Lipinski definition) is 0. The molecular formula is C26H27I2N3Pt. The Morgan fingerprint density at radius 2 is 1.19 bits per heavy atom. The molecular weight excluding hydrogens is 803 g/mol. The van der Waals surface area contributed by atoms with Gasteiger partial charge in [-0.3, -0.25) is 0 Å². The first kappa shape index (κ1) is 25.6. The van der Waals surface area contributed by atoms with Crippen LogP contribution in [0.15, 0.2) is 91.3 Å². The van der Waals surface area contributed by atoms with Gasteiger partial charge in [-0.2, -0.15) is 1.33 Å². The van der Waals surface area contributed by atoms with Crippen molar-refractivity contribution in [3.8, 4) is 0 Å². The van der Waals surface area contributed by atoms with Gasteiger partial charge in [0.05, 0.1) is 0 Å². The molecule has 0 saturated heterocycles. The van der Waals surface area contributed by atoms with Crippen LogP contribution in [0.5, 0.6) is 0 Å². The van der Waals surface area contributed by atoms with Crippen molar-refractivity contribution >= 4 is 45.7 Å². The van der Waals surface area contributed by atoms with Gasteiger partial charge in [0.2, 0.25) is 0 Å². The predicted molar refractivity (Wildman–Crippen MR) is 146 cm³/mol. The van der Waals surface area contributed by atoms with E-state index in [2.05, 4.69) is 181 Å². The van der Waals surface area contributed by atoms with E-state index >= 15 is 0 Å². The normalized spacial score (nSPS) is 10.7. The minimum absolute atomic E-state index is 0.918. The molecule has 0 radical (unpaired) electrons. The molecule has 0 fully saturated rings. The molecule has 0 N–H and O–H groups in total. The van der Waals surface area contributed by atoms with E-state index in [0.29, 0.717) is 0 Å². The summed E-state index contributed by atoms with van der Waals surface area (Å²) in [5.74, 6) is 0. The van der Waals surface area contributed by atoms with Crippen LogP contribution in [-0.4, -0.2) is 10.5 Å². The molecule has 0 amide bonds. The van der Waals surface area contributed by atoms with Crippen molar-refractivity contribution in [2.75, 3.05) is 0 Å². The van der Waals surface area contributed by atoms with Gasteiger partial charge in [0.1, 0.15) is 0 Å². The van der Waals surface area contributed by atoms with Crippen LogP contribution in [0.2, 0.25) is 0 Å². The third kappa shape index (κ3) is 8.08. The third-order valence-electron chi connectivity index (χ3n) is 5.13. The van der Waals surface area contributed by atoms with Gasteiger partial charge in [-0.15, -0.1) is 0 Å². The second-order valence-electron chi connectivity index (χ2n) is 7.65. The zero-order chi connectivity index (χ0) is 22.9. The Morgan fingerprint density at radius 1 is 0.688 bits per heavy atom. The van der Waals surface area contributed by atoms with Gasteiger partial charge in [-0.25, -0.2) is 0 Å². The van der Waals surface area contributed by atoms with E-state index in [1.807, 2.05) is 0 Å². The van der Waals surface area contributed by atoms with Gasteiger partial charge in [0.25, 0.3) is 0 Å². The van der Waals surface area contributed by atoms with Crippen LogP contribution in [0.3, 0.4) is 0 Å². The summed E-state index contributed by atoms with van der Waals surface area (Å²) in [5, 5.41) is 0. The van der Waals surface area contributed by atoms with E-state index < -0.39 is 0 Å². The number of nitrogens with zero attached hydrogens (tertiary/aromatic N) is 3. The average Bonchev–Trinajstić information content (AvgIpc) is 3.11. The zero-order valence-electron chi connectivity index (χ0n) is 18.2. The van der Waals surface area contributed by atoms with Crippen LogP contribution < -0.4 is 0 Å². The van der Waals surface area contributed by atoms with E-state index in [0.717, 1.165) is 19.6 Å². The van der Waals surface area contributed by atoms with E-state index in [9.17, 15) is 0 Å². The number of halogens is 2. The molecule has 1 aromatic heterocycles. The Kier molecular flexibility index (Phi) is 10.4. The molecule has 1 heterocycles. The number of rotatable bonds is 6. The molecule has 170 valence electrons. The Labute approximate surface area is 229 Å². The molecule has 0 atom stereocenters. The first-order valence-corrected chi connectivity index (χ1v) is 13.4. The molecule has 3 aromatic carbocycles. The summed E-state index contributed by atoms with van der Waals surface area (Å²) in [7, 11) is 0. The molecule has 32 heavy (non-hydrogen) atoms. The fraction of sp³-hybridized carbons (Fsp3) is 0.192. The fourth-order valence-corrected chi connectivity index (χ4v) is 4.75. The van der Waals surface area contributed by atoms with Crippen LogP contribution in [0.25, 0.3) is 0 Å². The van der Waals surface area contributed by atoms with Crippen molar-refractivity contribution in [3.05, 3.63) is 123 Å². The molecule has 4 aromatic rings. The van der Waals surface area contributed by atoms with Crippen LogP contribution in [0.4, 0.5) is 0 Å². The Hall–Kier alpha value is -1.02. The van der Waals surface area contributed by atoms with Crippen molar-refractivity contribution in [1.82, 2.24) is 10.5 Å². The standard InChI is InChI=1S/C17H16N2.C9H11I2N.Pt/c1-3-7-16(8-4-1)13-18-11-12-19(15-18)14-17-9-5-2-6-10-17;1-7-3-4-9(5-8(7)2)6-12(10)11;/h1-12H,13-14H2;3-5H,6H2,1-2H3;. The maximum atomic E-state index is 2.40. The van der Waals surface area contributed by atoms with Gasteiger partial charge in [-0.05, 0) is 30.5 Å². The van der Waals surface area contributed by atoms with Gasteiger partial charge in [0.15, 0.2) is 0 Å². The Bertz CT molecular complexity index is 1110. The second-order valence-corrected chi connectivity index (χ2v) is 12.8. The quantitative estimate of drug-likeness (QED) is 0.147. The Balaban J connectivity index is 0.000000207. The predicted octanol–water partition coefficient (Wildman–Crippen LogP) is 7.27. The van der Waals surface area contributed by atoms with Crippen molar-refractivity contribution in [1.29, 1.82) is 0 Å². The van der Waals surface area contributed by atoms with Gasteiger partial charge >= 0.3 is 130 Å². The summed E-state index contributed by atoms with van der Waals surface area (Å²) in [6, 6.07) is 27.7. The number of benzene rings is 3. The molecule has 0 aliphatic heterocycles. The van der Waals surface area contributed by atoms with Crippen molar-refractivity contribution in [3.63, 3.8) is 0 Å².